The molecule has 0 aliphatic heterocycles. The van der Waals surface area contributed by atoms with E-state index in [4.69, 9.17) is 21.4 Å². The molecule has 6 nitrogen and oxygen atoms in total. The number of hydrogen-bond donors (Lipinski definition) is 3. The van der Waals surface area contributed by atoms with Crippen LogP contribution in [0.25, 0.3) is 11.1 Å². The Bertz CT molecular complexity index is 1230. The summed E-state index contributed by atoms with van der Waals surface area (Å²) in [6, 6.07) is 29.7. The van der Waals surface area contributed by atoms with Crippen LogP contribution in [0.5, 0.6) is 5.75 Å². The van der Waals surface area contributed by atoms with E-state index in [1.54, 1.807) is 30.3 Å². The fraction of sp³-hybridized carbons (Fsp3) is 0. The standard InChI is InChI=1S/C12H12N2.C12H11NO3S/c13-11-6-4-9(5-7-11)10-2-1-3-12(14)8-10;13-10-6-8-11(9-7-10)16-17(14,15)12-4-2-1-3-5-12/h1-8H,13-14H2;1-9H,13H2. The van der Waals surface area contributed by atoms with E-state index in [2.05, 4.69) is 0 Å². The molecule has 31 heavy (non-hydrogen) atoms. The molecule has 0 aromatic heterocycles. The van der Waals surface area contributed by atoms with Crippen LogP contribution in [-0.2, 0) is 10.1 Å². The van der Waals surface area contributed by atoms with Gasteiger partial charge in [-0.05, 0) is 71.8 Å². The summed E-state index contributed by atoms with van der Waals surface area (Å²) in [5.74, 6) is 0.239. The molecule has 4 aromatic carbocycles. The van der Waals surface area contributed by atoms with Crippen molar-refractivity contribution < 1.29 is 12.6 Å². The first-order valence-electron chi connectivity index (χ1n) is 9.40. The van der Waals surface area contributed by atoms with E-state index in [-0.39, 0.29) is 10.6 Å². The summed E-state index contributed by atoms with van der Waals surface area (Å²) in [5, 5.41) is 0. The first kappa shape index (κ1) is 21.7. The summed E-state index contributed by atoms with van der Waals surface area (Å²) >= 11 is 0. The molecule has 0 radical (unpaired) electrons. The topological polar surface area (TPSA) is 121 Å². The molecule has 0 fully saturated rings. The molecule has 0 unspecified atom stereocenters. The lowest BCUT2D eigenvalue weighted by Crippen LogP contribution is -2.09. The molecule has 0 spiro atoms. The second-order valence-corrected chi connectivity index (χ2v) is 8.21. The third-order valence-corrected chi connectivity index (χ3v) is 5.51. The maximum atomic E-state index is 11.8. The number of anilines is 3. The fourth-order valence-corrected chi connectivity index (χ4v) is 3.63. The van der Waals surface area contributed by atoms with E-state index in [9.17, 15) is 8.42 Å². The minimum Gasteiger partial charge on any atom is -0.399 e. The molecule has 6 N–H and O–H groups in total. The van der Waals surface area contributed by atoms with Crippen molar-refractivity contribution in [3.63, 3.8) is 0 Å². The normalized spacial score (nSPS) is 10.6. The minimum atomic E-state index is -3.77. The van der Waals surface area contributed by atoms with Crippen LogP contribution < -0.4 is 21.4 Å². The SMILES string of the molecule is Nc1ccc(-c2cccc(N)c2)cc1.Nc1ccc(OS(=O)(=O)c2ccccc2)cc1. The Hall–Kier alpha value is -3.97. The van der Waals surface area contributed by atoms with Gasteiger partial charge in [-0.3, -0.25) is 0 Å². The van der Waals surface area contributed by atoms with Crippen LogP contribution in [0.1, 0.15) is 0 Å². The fourth-order valence-electron chi connectivity index (χ4n) is 2.68. The predicted molar refractivity (Wildman–Crippen MR) is 126 cm³/mol. The minimum absolute atomic E-state index is 0.122. The van der Waals surface area contributed by atoms with E-state index < -0.39 is 10.1 Å². The second kappa shape index (κ2) is 9.69. The van der Waals surface area contributed by atoms with Crippen LogP contribution in [-0.4, -0.2) is 8.42 Å². The third-order valence-electron chi connectivity index (χ3n) is 4.25. The van der Waals surface area contributed by atoms with Gasteiger partial charge >= 0.3 is 10.1 Å². The van der Waals surface area contributed by atoms with Gasteiger partial charge in [0.25, 0.3) is 0 Å². The van der Waals surface area contributed by atoms with Crippen LogP contribution in [0, 0.1) is 0 Å². The van der Waals surface area contributed by atoms with E-state index in [1.807, 2.05) is 48.5 Å². The molecule has 4 rings (SSSR count). The van der Waals surface area contributed by atoms with E-state index >= 15 is 0 Å². The summed E-state index contributed by atoms with van der Waals surface area (Å²) in [6.45, 7) is 0. The quantitative estimate of drug-likeness (QED) is 0.320. The van der Waals surface area contributed by atoms with Gasteiger partial charge in [-0.15, -0.1) is 0 Å². The number of nitrogen functional groups attached to an aromatic ring is 3. The number of nitrogens with two attached hydrogens (primary N) is 3. The molecule has 0 heterocycles. The number of benzene rings is 4. The monoisotopic (exact) mass is 433 g/mol. The van der Waals surface area contributed by atoms with Crippen molar-refractivity contribution in [3.05, 3.63) is 103 Å². The first-order chi connectivity index (χ1) is 14.8. The smallest absolute Gasteiger partial charge is 0.339 e. The van der Waals surface area contributed by atoms with Gasteiger partial charge in [0.2, 0.25) is 0 Å². The van der Waals surface area contributed by atoms with Crippen molar-refractivity contribution in [3.8, 4) is 16.9 Å². The highest BCUT2D eigenvalue weighted by Gasteiger charge is 2.15. The van der Waals surface area contributed by atoms with Gasteiger partial charge in [0, 0.05) is 17.1 Å². The molecular weight excluding hydrogens is 410 g/mol. The summed E-state index contributed by atoms with van der Waals surface area (Å²) in [4.78, 5) is 0.122. The third kappa shape index (κ3) is 6.25. The van der Waals surface area contributed by atoms with Gasteiger partial charge in [-0.25, -0.2) is 0 Å². The van der Waals surface area contributed by atoms with Crippen molar-refractivity contribution in [1.82, 2.24) is 0 Å². The molecule has 0 atom stereocenters. The molecule has 0 bridgehead atoms. The predicted octanol–water partition coefficient (Wildman–Crippen LogP) is 4.55. The van der Waals surface area contributed by atoms with Crippen LogP contribution in [0.2, 0.25) is 0 Å². The largest absolute Gasteiger partial charge is 0.399 e. The highest BCUT2D eigenvalue weighted by molar-refractivity contribution is 7.87. The first-order valence-corrected chi connectivity index (χ1v) is 10.8. The average molecular weight is 434 g/mol. The molecule has 0 aliphatic carbocycles. The molecule has 4 aromatic rings. The lowest BCUT2D eigenvalue weighted by atomic mass is 10.1. The summed E-state index contributed by atoms with van der Waals surface area (Å²) in [6.07, 6.45) is 0. The van der Waals surface area contributed by atoms with Crippen molar-refractivity contribution in [2.45, 2.75) is 4.90 Å². The van der Waals surface area contributed by atoms with Crippen LogP contribution >= 0.6 is 0 Å². The number of hydrogen-bond acceptors (Lipinski definition) is 6. The van der Waals surface area contributed by atoms with E-state index in [1.165, 1.54) is 24.3 Å². The van der Waals surface area contributed by atoms with Gasteiger partial charge in [-0.2, -0.15) is 8.42 Å². The molecule has 0 saturated heterocycles. The van der Waals surface area contributed by atoms with Crippen molar-refractivity contribution in [1.29, 1.82) is 0 Å². The zero-order valence-electron chi connectivity index (χ0n) is 16.7. The number of rotatable bonds is 4. The van der Waals surface area contributed by atoms with Gasteiger partial charge < -0.3 is 21.4 Å². The lowest BCUT2D eigenvalue weighted by Gasteiger charge is -2.06. The molecule has 0 amide bonds. The highest BCUT2D eigenvalue weighted by Crippen LogP contribution is 2.22. The maximum Gasteiger partial charge on any atom is 0.339 e. The Morgan fingerprint density at radius 3 is 1.71 bits per heavy atom. The Kier molecular flexibility index (Phi) is 6.79. The molecule has 158 valence electrons. The molecular formula is C24H23N3O3S. The summed E-state index contributed by atoms with van der Waals surface area (Å²) in [5.41, 5.74) is 21.2. The van der Waals surface area contributed by atoms with Crippen LogP contribution in [0.3, 0.4) is 0 Å². The Balaban J connectivity index is 0.000000179. The molecule has 7 heteroatoms. The van der Waals surface area contributed by atoms with Gasteiger partial charge in [0.05, 0.1) is 0 Å². The summed E-state index contributed by atoms with van der Waals surface area (Å²) in [7, 11) is -3.77. The zero-order valence-corrected chi connectivity index (χ0v) is 17.5. The lowest BCUT2D eigenvalue weighted by molar-refractivity contribution is 0.486. The zero-order chi connectivity index (χ0) is 22.3. The molecule has 0 saturated carbocycles. The highest BCUT2D eigenvalue weighted by atomic mass is 32.2. The second-order valence-electron chi connectivity index (χ2n) is 6.67. The summed E-state index contributed by atoms with van der Waals surface area (Å²) < 4.78 is 28.6. The average Bonchev–Trinajstić information content (AvgIpc) is 2.77. The van der Waals surface area contributed by atoms with Crippen LogP contribution in [0.15, 0.2) is 108 Å². The van der Waals surface area contributed by atoms with Crippen LogP contribution in [0.4, 0.5) is 17.1 Å². The Labute approximate surface area is 182 Å². The van der Waals surface area contributed by atoms with Gasteiger partial charge in [0.1, 0.15) is 10.6 Å². The maximum absolute atomic E-state index is 11.8. The van der Waals surface area contributed by atoms with Crippen molar-refractivity contribution >= 4 is 27.2 Å². The van der Waals surface area contributed by atoms with Crippen molar-refractivity contribution in [2.75, 3.05) is 17.2 Å². The Morgan fingerprint density at radius 1 is 0.548 bits per heavy atom. The van der Waals surface area contributed by atoms with Crippen molar-refractivity contribution in [2.24, 2.45) is 0 Å². The van der Waals surface area contributed by atoms with Gasteiger partial charge in [-0.1, -0.05) is 42.5 Å². The molecule has 0 aliphatic rings. The van der Waals surface area contributed by atoms with E-state index in [0.717, 1.165) is 22.5 Å². The van der Waals surface area contributed by atoms with E-state index in [0.29, 0.717) is 5.69 Å². The van der Waals surface area contributed by atoms with Gasteiger partial charge in [0.15, 0.2) is 0 Å². The Morgan fingerprint density at radius 2 is 1.13 bits per heavy atom.